The molecule has 1 aliphatic heterocycles. The van der Waals surface area contributed by atoms with E-state index in [2.05, 4.69) is 4.98 Å². The number of aromatic nitrogens is 1. The molecule has 5 rings (SSSR count). The summed E-state index contributed by atoms with van der Waals surface area (Å²) in [5.41, 5.74) is 1.20. The van der Waals surface area contributed by atoms with E-state index in [0.717, 1.165) is 6.42 Å². The van der Waals surface area contributed by atoms with Crippen molar-refractivity contribution in [2.24, 2.45) is 5.92 Å². The third-order valence-corrected chi connectivity index (χ3v) is 6.35. The Balaban J connectivity index is 1.20. The predicted molar refractivity (Wildman–Crippen MR) is 113 cm³/mol. The lowest BCUT2D eigenvalue weighted by Gasteiger charge is -2.18. The second kappa shape index (κ2) is 8.33. The average molecular weight is 438 g/mol. The van der Waals surface area contributed by atoms with Crippen LogP contribution in [0.1, 0.15) is 48.0 Å². The maximum absolute atomic E-state index is 14.4. The topological polar surface area (TPSA) is 85.8 Å². The number of nitrogens with zero attached hydrogens (tertiary/aromatic N) is 2. The minimum absolute atomic E-state index is 0.0897. The number of halogens is 1. The summed E-state index contributed by atoms with van der Waals surface area (Å²) in [7, 11) is 0. The first kappa shape index (κ1) is 20.6. The molecule has 1 saturated heterocycles. The van der Waals surface area contributed by atoms with Gasteiger partial charge in [-0.15, -0.1) is 0 Å². The molecule has 166 valence electrons. The van der Waals surface area contributed by atoms with Crippen LogP contribution in [-0.2, 0) is 16.0 Å². The van der Waals surface area contributed by atoms with E-state index in [1.54, 1.807) is 18.2 Å². The summed E-state index contributed by atoms with van der Waals surface area (Å²) in [5, 5.41) is 0. The predicted octanol–water partition coefficient (Wildman–Crippen LogP) is 3.28. The Morgan fingerprint density at radius 1 is 1.09 bits per heavy atom. The Kier molecular flexibility index (Phi) is 5.36. The number of rotatable bonds is 6. The molecule has 1 saturated carbocycles. The standard InChI is InChI=1S/C24H23FN2O5/c25-20-11-15(10-19-18(20)4-5-21(19)29)27-8-7-22(24(27)30)32-17-3-6-23(26-12-17)31-13-14-1-2-16(28)9-14/h3,6,10-12,14,22H,1-2,4-5,7-9,13H2/t14-,22+/m0/s1. The molecular weight excluding hydrogens is 415 g/mol. The smallest absolute Gasteiger partial charge is 0.268 e. The van der Waals surface area contributed by atoms with E-state index < -0.39 is 11.9 Å². The molecule has 2 fully saturated rings. The maximum atomic E-state index is 14.4. The molecule has 2 heterocycles. The molecule has 7 nitrogen and oxygen atoms in total. The first-order valence-corrected chi connectivity index (χ1v) is 10.9. The first-order chi connectivity index (χ1) is 15.5. The zero-order valence-electron chi connectivity index (χ0n) is 17.5. The number of amides is 1. The van der Waals surface area contributed by atoms with Crippen LogP contribution in [0.2, 0.25) is 0 Å². The summed E-state index contributed by atoms with van der Waals surface area (Å²) in [4.78, 5) is 41.9. The van der Waals surface area contributed by atoms with Gasteiger partial charge in [0.05, 0.1) is 12.8 Å². The zero-order chi connectivity index (χ0) is 22.2. The summed E-state index contributed by atoms with van der Waals surface area (Å²) in [6, 6.07) is 6.29. The van der Waals surface area contributed by atoms with Gasteiger partial charge in [-0.1, -0.05) is 0 Å². The maximum Gasteiger partial charge on any atom is 0.268 e. The Morgan fingerprint density at radius 3 is 2.72 bits per heavy atom. The number of hydrogen-bond acceptors (Lipinski definition) is 6. The minimum Gasteiger partial charge on any atom is -0.479 e. The second-order valence-electron chi connectivity index (χ2n) is 8.55. The van der Waals surface area contributed by atoms with Crippen LogP contribution in [0.3, 0.4) is 0 Å². The van der Waals surface area contributed by atoms with E-state index >= 15 is 0 Å². The van der Waals surface area contributed by atoms with Gasteiger partial charge in [-0.05, 0) is 36.6 Å². The summed E-state index contributed by atoms with van der Waals surface area (Å²) < 4.78 is 25.9. The molecule has 0 radical (unpaired) electrons. The van der Waals surface area contributed by atoms with Crippen LogP contribution in [0.5, 0.6) is 11.6 Å². The van der Waals surface area contributed by atoms with Gasteiger partial charge >= 0.3 is 0 Å². The molecule has 0 bridgehead atoms. The highest BCUT2D eigenvalue weighted by Gasteiger charge is 2.36. The summed E-state index contributed by atoms with van der Waals surface area (Å²) in [6.07, 6.45) is 3.98. The molecule has 0 unspecified atom stereocenters. The number of hydrogen-bond donors (Lipinski definition) is 0. The first-order valence-electron chi connectivity index (χ1n) is 10.9. The SMILES string of the molecule is O=C1CC[C@H](COc2ccc(O[C@@H]3CCN(c4cc(F)c5c(c4)C(=O)CC5)C3=O)cn2)C1. The third kappa shape index (κ3) is 3.97. The fraction of sp³-hybridized carbons (Fsp3) is 0.417. The molecule has 2 aliphatic carbocycles. The molecule has 2 atom stereocenters. The number of anilines is 1. The van der Waals surface area contributed by atoms with Crippen LogP contribution in [0.15, 0.2) is 30.5 Å². The molecule has 0 spiro atoms. The van der Waals surface area contributed by atoms with Crippen molar-refractivity contribution in [3.05, 3.63) is 47.4 Å². The van der Waals surface area contributed by atoms with Gasteiger partial charge in [0.25, 0.3) is 5.91 Å². The quantitative estimate of drug-likeness (QED) is 0.688. The Bertz CT molecular complexity index is 1080. The van der Waals surface area contributed by atoms with Gasteiger partial charge in [-0.3, -0.25) is 14.4 Å². The number of benzene rings is 1. The van der Waals surface area contributed by atoms with Gasteiger partial charge in [0, 0.05) is 55.5 Å². The van der Waals surface area contributed by atoms with Crippen molar-refractivity contribution in [1.82, 2.24) is 4.98 Å². The van der Waals surface area contributed by atoms with Gasteiger partial charge in [-0.25, -0.2) is 9.37 Å². The highest BCUT2D eigenvalue weighted by molar-refractivity contribution is 6.04. The molecule has 3 aliphatic rings. The van der Waals surface area contributed by atoms with Crippen molar-refractivity contribution in [3.63, 3.8) is 0 Å². The number of ether oxygens (including phenoxy) is 2. The fourth-order valence-corrected chi connectivity index (χ4v) is 4.60. The summed E-state index contributed by atoms with van der Waals surface area (Å²) >= 11 is 0. The van der Waals surface area contributed by atoms with Gasteiger partial charge in [-0.2, -0.15) is 0 Å². The Labute approximate surface area is 184 Å². The highest BCUT2D eigenvalue weighted by atomic mass is 19.1. The highest BCUT2D eigenvalue weighted by Crippen LogP contribution is 2.32. The van der Waals surface area contributed by atoms with Crippen LogP contribution >= 0.6 is 0 Å². The Hall–Kier alpha value is -3.29. The molecule has 1 amide bonds. The monoisotopic (exact) mass is 438 g/mol. The molecule has 32 heavy (non-hydrogen) atoms. The van der Waals surface area contributed by atoms with Crippen molar-refractivity contribution < 1.29 is 28.2 Å². The Morgan fingerprint density at radius 2 is 1.97 bits per heavy atom. The minimum atomic E-state index is -0.708. The number of ketones is 2. The van der Waals surface area contributed by atoms with E-state index in [1.807, 2.05) is 0 Å². The average Bonchev–Trinajstić information content (AvgIpc) is 3.47. The normalized spacial score (nSPS) is 22.5. The van der Waals surface area contributed by atoms with Crippen molar-refractivity contribution >= 4 is 23.2 Å². The molecule has 1 aromatic heterocycles. The molecule has 0 N–H and O–H groups in total. The number of Topliss-reactive ketones (excluding diaryl/α,β-unsaturated/α-hetero) is 2. The molecular formula is C24H23FN2O5. The third-order valence-electron chi connectivity index (χ3n) is 6.35. The van der Waals surface area contributed by atoms with Crippen molar-refractivity contribution in [3.8, 4) is 11.6 Å². The fourth-order valence-electron chi connectivity index (χ4n) is 4.60. The molecule has 8 heteroatoms. The lowest BCUT2D eigenvalue weighted by atomic mass is 10.1. The van der Waals surface area contributed by atoms with E-state index in [0.29, 0.717) is 73.7 Å². The van der Waals surface area contributed by atoms with Crippen LogP contribution < -0.4 is 14.4 Å². The molecule has 2 aromatic rings. The molecule has 1 aromatic carbocycles. The van der Waals surface area contributed by atoms with E-state index in [1.165, 1.54) is 17.2 Å². The van der Waals surface area contributed by atoms with Crippen LogP contribution in [-0.4, -0.2) is 41.7 Å². The van der Waals surface area contributed by atoms with Crippen molar-refractivity contribution in [2.45, 2.75) is 44.6 Å². The van der Waals surface area contributed by atoms with E-state index in [4.69, 9.17) is 9.47 Å². The van der Waals surface area contributed by atoms with Crippen molar-refractivity contribution in [2.75, 3.05) is 18.1 Å². The number of pyridine rings is 1. The lowest BCUT2D eigenvalue weighted by molar-refractivity contribution is -0.123. The van der Waals surface area contributed by atoms with E-state index in [-0.39, 0.29) is 23.4 Å². The lowest BCUT2D eigenvalue weighted by Crippen LogP contribution is -2.32. The van der Waals surface area contributed by atoms with Crippen LogP contribution in [0.25, 0.3) is 0 Å². The zero-order valence-corrected chi connectivity index (χ0v) is 17.5. The number of fused-ring (bicyclic) bond motifs is 1. The van der Waals surface area contributed by atoms with Gasteiger partial charge in [0.15, 0.2) is 11.9 Å². The second-order valence-corrected chi connectivity index (χ2v) is 8.55. The summed E-state index contributed by atoms with van der Waals surface area (Å²) in [6.45, 7) is 0.833. The van der Waals surface area contributed by atoms with Crippen molar-refractivity contribution in [1.29, 1.82) is 0 Å². The largest absolute Gasteiger partial charge is 0.479 e. The number of carbonyl (C=O) groups is 3. The van der Waals surface area contributed by atoms with Crippen LogP contribution in [0, 0.1) is 11.7 Å². The van der Waals surface area contributed by atoms with E-state index in [9.17, 15) is 18.8 Å². The van der Waals surface area contributed by atoms with Gasteiger partial charge < -0.3 is 14.4 Å². The van der Waals surface area contributed by atoms with Gasteiger partial charge in [0.1, 0.15) is 17.3 Å². The van der Waals surface area contributed by atoms with Gasteiger partial charge in [0.2, 0.25) is 5.88 Å². The van der Waals surface area contributed by atoms with Crippen LogP contribution in [0.4, 0.5) is 10.1 Å². The number of carbonyl (C=O) groups excluding carboxylic acids is 3. The summed E-state index contributed by atoms with van der Waals surface area (Å²) in [5.74, 6) is 0.580.